The van der Waals surface area contributed by atoms with E-state index in [2.05, 4.69) is 0 Å². The molecule has 0 unspecified atom stereocenters. The van der Waals surface area contributed by atoms with Gasteiger partial charge in [-0.15, -0.1) is 0 Å². The largest absolute Gasteiger partial charge is 0.465 e. The molecule has 14 nitrogen and oxygen atoms in total. The first kappa shape index (κ1) is 39.7. The molecule has 14 heteroatoms. The summed E-state index contributed by atoms with van der Waals surface area (Å²) in [5.74, 6) is -1.76. The number of benzene rings is 5. The minimum absolute atomic E-state index is 0.0198. The van der Waals surface area contributed by atoms with Gasteiger partial charge >= 0.3 is 17.3 Å². The number of nitro benzene ring substituents is 2. The second-order valence-corrected chi connectivity index (χ2v) is 12.8. The molecule has 0 bridgehead atoms. The van der Waals surface area contributed by atoms with Crippen molar-refractivity contribution in [2.45, 2.75) is 57.1 Å². The van der Waals surface area contributed by atoms with Gasteiger partial charge in [-0.05, 0) is 22.3 Å². The van der Waals surface area contributed by atoms with Crippen LogP contribution in [0.2, 0.25) is 0 Å². The zero-order valence-corrected chi connectivity index (χ0v) is 30.4. The summed E-state index contributed by atoms with van der Waals surface area (Å²) in [6, 6.07) is 39.3. The summed E-state index contributed by atoms with van der Waals surface area (Å²) in [7, 11) is 1.06. The highest BCUT2D eigenvalue weighted by atomic mass is 16.7. The van der Waals surface area contributed by atoms with Crippen LogP contribution in [0.5, 0.6) is 5.75 Å². The summed E-state index contributed by atoms with van der Waals surface area (Å²) in [6.45, 7) is 0.424. The van der Waals surface area contributed by atoms with E-state index in [-0.39, 0.29) is 33.0 Å². The third-order valence-electron chi connectivity index (χ3n) is 8.94. The summed E-state index contributed by atoms with van der Waals surface area (Å²) in [6.07, 6.45) is -5.55. The monoisotopic (exact) mass is 764 g/mol. The number of methoxy groups -OCH3 is 1. The van der Waals surface area contributed by atoms with Crippen LogP contribution < -0.4 is 4.74 Å². The van der Waals surface area contributed by atoms with Crippen LogP contribution in [-0.2, 0) is 54.8 Å². The quantitative estimate of drug-likeness (QED) is 0.0494. The number of esters is 1. The predicted octanol–water partition coefficient (Wildman–Crippen LogP) is 7.37. The lowest BCUT2D eigenvalue weighted by atomic mass is 9.97. The molecule has 56 heavy (non-hydrogen) atoms. The van der Waals surface area contributed by atoms with Crippen LogP contribution in [0.3, 0.4) is 0 Å². The van der Waals surface area contributed by atoms with Crippen LogP contribution in [0.25, 0.3) is 0 Å². The van der Waals surface area contributed by atoms with Crippen molar-refractivity contribution in [3.63, 3.8) is 0 Å². The van der Waals surface area contributed by atoms with Gasteiger partial charge < -0.3 is 33.2 Å². The molecule has 1 saturated heterocycles. The van der Waals surface area contributed by atoms with Crippen molar-refractivity contribution in [1.29, 1.82) is 0 Å². The normalized spacial score (nSPS) is 19.2. The highest BCUT2D eigenvalue weighted by molar-refractivity contribution is 5.92. The smallest absolute Gasteiger partial charge is 0.338 e. The fraction of sp³-hybridized carbons (Fsp3) is 0.262. The molecule has 0 saturated carbocycles. The lowest BCUT2D eigenvalue weighted by molar-refractivity contribution is -0.398. The maximum atomic E-state index is 12.4. The van der Waals surface area contributed by atoms with Gasteiger partial charge in [0.05, 0.1) is 55.6 Å². The number of nitrogens with zero attached hydrogens (tertiary/aromatic N) is 2. The molecule has 5 atom stereocenters. The van der Waals surface area contributed by atoms with E-state index >= 15 is 0 Å². The van der Waals surface area contributed by atoms with E-state index in [1.807, 2.05) is 121 Å². The summed E-state index contributed by atoms with van der Waals surface area (Å²) in [4.78, 5) is 35.5. The van der Waals surface area contributed by atoms with Crippen molar-refractivity contribution in [2.75, 3.05) is 13.7 Å². The van der Waals surface area contributed by atoms with Gasteiger partial charge in [-0.3, -0.25) is 20.2 Å². The van der Waals surface area contributed by atoms with Crippen LogP contribution in [0.1, 0.15) is 32.6 Å². The van der Waals surface area contributed by atoms with Gasteiger partial charge in [0.25, 0.3) is 5.75 Å². The van der Waals surface area contributed by atoms with Crippen molar-refractivity contribution in [3.05, 3.63) is 182 Å². The number of rotatable bonds is 18. The van der Waals surface area contributed by atoms with Crippen molar-refractivity contribution >= 4 is 17.3 Å². The zero-order valence-electron chi connectivity index (χ0n) is 30.4. The first-order chi connectivity index (χ1) is 27.3. The number of hydrogen-bond donors (Lipinski definition) is 0. The molecule has 0 amide bonds. The number of carbonyl (C=O) groups is 1. The molecular weight excluding hydrogens is 724 g/mol. The van der Waals surface area contributed by atoms with E-state index in [0.29, 0.717) is 0 Å². The number of nitro groups is 2. The lowest BCUT2D eigenvalue weighted by Crippen LogP contribution is -2.62. The van der Waals surface area contributed by atoms with Crippen LogP contribution in [0.15, 0.2) is 133 Å². The molecule has 1 aliphatic rings. The van der Waals surface area contributed by atoms with E-state index in [4.69, 9.17) is 33.2 Å². The molecule has 0 radical (unpaired) electrons. The molecule has 1 heterocycles. The third kappa shape index (κ3) is 10.4. The SMILES string of the molecule is COC(=O)c1cc([N+](=O)[O-])c(O[C@@H]2O[C@H](COCc3ccccc3)[C@@H](OCc3ccccc3)[C@H](OCc3ccccc3)[C@H]2OCc2ccccc2)c([N+](=O)[O-])c1. The van der Waals surface area contributed by atoms with Crippen LogP contribution in [-0.4, -0.2) is 60.2 Å². The first-order valence-corrected chi connectivity index (χ1v) is 17.8. The van der Waals surface area contributed by atoms with E-state index in [1.165, 1.54) is 0 Å². The lowest BCUT2D eigenvalue weighted by Gasteiger charge is -2.45. The number of carbonyl (C=O) groups excluding carboxylic acids is 1. The van der Waals surface area contributed by atoms with Gasteiger partial charge in [0, 0.05) is 12.1 Å². The van der Waals surface area contributed by atoms with Crippen LogP contribution in [0.4, 0.5) is 11.4 Å². The fourth-order valence-corrected chi connectivity index (χ4v) is 6.18. The van der Waals surface area contributed by atoms with E-state index < -0.39 is 69.2 Å². The van der Waals surface area contributed by atoms with Gasteiger partial charge in [0.2, 0.25) is 6.29 Å². The predicted molar refractivity (Wildman–Crippen MR) is 202 cm³/mol. The highest BCUT2D eigenvalue weighted by Crippen LogP contribution is 2.41. The molecule has 6 rings (SSSR count). The summed E-state index contributed by atoms with van der Waals surface area (Å²) in [5, 5.41) is 24.9. The summed E-state index contributed by atoms with van der Waals surface area (Å²) < 4.78 is 43.5. The Morgan fingerprint density at radius 1 is 0.607 bits per heavy atom. The minimum atomic E-state index is -1.55. The maximum absolute atomic E-state index is 12.4. The topological polar surface area (TPSA) is 168 Å². The highest BCUT2D eigenvalue weighted by Gasteiger charge is 2.51. The molecule has 5 aromatic rings. The second kappa shape index (κ2) is 19.5. The fourth-order valence-electron chi connectivity index (χ4n) is 6.18. The zero-order chi connectivity index (χ0) is 39.3. The number of hydrogen-bond acceptors (Lipinski definition) is 12. The Bertz CT molecular complexity index is 2000. The van der Waals surface area contributed by atoms with Gasteiger partial charge in [0.1, 0.15) is 24.4 Å². The number of ether oxygens (including phenoxy) is 7. The first-order valence-electron chi connectivity index (χ1n) is 17.8. The molecule has 1 fully saturated rings. The van der Waals surface area contributed by atoms with Gasteiger partial charge in [0.15, 0.2) is 0 Å². The standard InChI is InChI=1S/C42H40N2O12/c1-50-41(45)33-22-34(43(46)47)37(35(23-33)44(48)49)56-42-40(54-27-32-20-12-5-13-21-32)39(53-26-31-18-10-4-11-19-31)38(52-25-30-16-8-3-9-17-30)36(55-42)28-51-24-29-14-6-2-7-15-29/h2-23,36,38-40,42H,24-28H2,1H3/t36-,38-,39+,40-,42+/m1/s1. The van der Waals surface area contributed by atoms with Gasteiger partial charge in [-0.25, -0.2) is 4.79 Å². The van der Waals surface area contributed by atoms with E-state index in [0.717, 1.165) is 41.5 Å². The molecular formula is C42H40N2O12. The molecule has 1 aliphatic heterocycles. The van der Waals surface area contributed by atoms with Crippen LogP contribution >= 0.6 is 0 Å². The third-order valence-corrected chi connectivity index (χ3v) is 8.94. The van der Waals surface area contributed by atoms with Gasteiger partial charge in [-0.1, -0.05) is 121 Å². The maximum Gasteiger partial charge on any atom is 0.338 e. The van der Waals surface area contributed by atoms with Crippen LogP contribution in [0, 0.1) is 20.2 Å². The minimum Gasteiger partial charge on any atom is -0.465 e. The van der Waals surface area contributed by atoms with E-state index in [1.54, 1.807) is 0 Å². The second-order valence-electron chi connectivity index (χ2n) is 12.8. The Kier molecular flexibility index (Phi) is 13.8. The molecule has 0 N–H and O–H groups in total. The van der Waals surface area contributed by atoms with Gasteiger partial charge in [-0.2, -0.15) is 0 Å². The van der Waals surface area contributed by atoms with Crippen molar-refractivity contribution in [2.24, 2.45) is 0 Å². The Hall–Kier alpha value is -6.03. The Morgan fingerprint density at radius 3 is 1.45 bits per heavy atom. The van der Waals surface area contributed by atoms with Crippen molar-refractivity contribution in [3.8, 4) is 5.75 Å². The molecule has 5 aromatic carbocycles. The summed E-state index contributed by atoms with van der Waals surface area (Å²) in [5.41, 5.74) is 1.26. The average molecular weight is 765 g/mol. The molecule has 0 spiro atoms. The molecule has 0 aliphatic carbocycles. The molecule has 290 valence electrons. The van der Waals surface area contributed by atoms with Crippen molar-refractivity contribution in [1.82, 2.24) is 0 Å². The Labute approximate surface area is 322 Å². The summed E-state index contributed by atoms with van der Waals surface area (Å²) >= 11 is 0. The average Bonchev–Trinajstić information content (AvgIpc) is 3.23. The Balaban J connectivity index is 1.43. The Morgan fingerprint density at radius 2 is 1.02 bits per heavy atom. The van der Waals surface area contributed by atoms with Crippen molar-refractivity contribution < 1.29 is 47.8 Å². The molecule has 0 aromatic heterocycles. The van der Waals surface area contributed by atoms with E-state index in [9.17, 15) is 25.0 Å².